The second-order valence-corrected chi connectivity index (χ2v) is 6.01. The van der Waals surface area contributed by atoms with E-state index in [0.29, 0.717) is 18.3 Å². The maximum atomic E-state index is 11.9. The van der Waals surface area contributed by atoms with Crippen molar-refractivity contribution in [1.82, 2.24) is 0 Å². The fourth-order valence-electron chi connectivity index (χ4n) is 3.63. The van der Waals surface area contributed by atoms with E-state index in [-0.39, 0.29) is 11.5 Å². The van der Waals surface area contributed by atoms with E-state index < -0.39 is 0 Å². The van der Waals surface area contributed by atoms with Crippen molar-refractivity contribution in [2.24, 2.45) is 11.3 Å². The smallest absolute Gasteiger partial charge is 0.144 e. The molecule has 3 atom stereocenters. The van der Waals surface area contributed by atoms with Gasteiger partial charge in [-0.25, -0.2) is 0 Å². The highest BCUT2D eigenvalue weighted by Gasteiger charge is 2.53. The van der Waals surface area contributed by atoms with Crippen LogP contribution in [-0.4, -0.2) is 18.0 Å². The molecule has 2 heteroatoms. The molecule has 2 saturated carbocycles. The Morgan fingerprint density at radius 1 is 1.29 bits per heavy atom. The number of hydrogen-bond acceptors (Lipinski definition) is 2. The topological polar surface area (TPSA) is 26.3 Å². The van der Waals surface area contributed by atoms with Crippen LogP contribution in [0.2, 0.25) is 0 Å². The standard InChI is InChI=1S/C15H26O2/c1-4-15(5-2)13(16)10-14(15)17-12-8-6-7-11(3)9-12/h11-12,14H,4-10H2,1-3H3. The van der Waals surface area contributed by atoms with Crippen LogP contribution in [0.25, 0.3) is 0 Å². The zero-order chi connectivity index (χ0) is 12.5. The van der Waals surface area contributed by atoms with E-state index in [0.717, 1.165) is 18.8 Å². The van der Waals surface area contributed by atoms with Gasteiger partial charge >= 0.3 is 0 Å². The fourth-order valence-corrected chi connectivity index (χ4v) is 3.63. The SMILES string of the molecule is CCC1(CC)C(=O)CC1OC1CCCC(C)C1. The lowest BCUT2D eigenvalue weighted by atomic mass is 9.61. The number of Topliss-reactive ketones (excluding diaryl/α,β-unsaturated/α-hetero) is 1. The highest BCUT2D eigenvalue weighted by molar-refractivity contribution is 5.92. The summed E-state index contributed by atoms with van der Waals surface area (Å²) in [5, 5.41) is 0. The summed E-state index contributed by atoms with van der Waals surface area (Å²) in [5.74, 6) is 1.22. The quantitative estimate of drug-likeness (QED) is 0.746. The molecule has 0 radical (unpaired) electrons. The largest absolute Gasteiger partial charge is 0.373 e. The van der Waals surface area contributed by atoms with Crippen molar-refractivity contribution in [3.8, 4) is 0 Å². The molecule has 2 fully saturated rings. The van der Waals surface area contributed by atoms with Gasteiger partial charge in [-0.2, -0.15) is 0 Å². The molecular weight excluding hydrogens is 212 g/mol. The van der Waals surface area contributed by atoms with Gasteiger partial charge in [-0.15, -0.1) is 0 Å². The van der Waals surface area contributed by atoms with Crippen LogP contribution in [0.1, 0.15) is 65.7 Å². The first-order chi connectivity index (χ1) is 8.12. The predicted octanol–water partition coefficient (Wildman–Crippen LogP) is 3.73. The predicted molar refractivity (Wildman–Crippen MR) is 68.9 cm³/mol. The summed E-state index contributed by atoms with van der Waals surface area (Å²) >= 11 is 0. The molecule has 0 amide bonds. The van der Waals surface area contributed by atoms with Crippen molar-refractivity contribution in [3.63, 3.8) is 0 Å². The number of ether oxygens (including phenoxy) is 1. The second kappa shape index (κ2) is 5.09. The van der Waals surface area contributed by atoms with Gasteiger partial charge in [-0.05, 0) is 31.6 Å². The van der Waals surface area contributed by atoms with Gasteiger partial charge in [0.2, 0.25) is 0 Å². The first kappa shape index (κ1) is 13.1. The average molecular weight is 238 g/mol. The molecule has 2 aliphatic carbocycles. The van der Waals surface area contributed by atoms with E-state index in [1.165, 1.54) is 25.7 Å². The molecule has 98 valence electrons. The van der Waals surface area contributed by atoms with Crippen LogP contribution >= 0.6 is 0 Å². The van der Waals surface area contributed by atoms with E-state index in [2.05, 4.69) is 20.8 Å². The lowest BCUT2D eigenvalue weighted by molar-refractivity contribution is -0.177. The van der Waals surface area contributed by atoms with Gasteiger partial charge < -0.3 is 4.74 Å². The molecule has 0 saturated heterocycles. The highest BCUT2D eigenvalue weighted by atomic mass is 16.5. The monoisotopic (exact) mass is 238 g/mol. The van der Waals surface area contributed by atoms with Crippen LogP contribution in [0.3, 0.4) is 0 Å². The summed E-state index contributed by atoms with van der Waals surface area (Å²) in [4.78, 5) is 11.9. The maximum Gasteiger partial charge on any atom is 0.144 e. The highest BCUT2D eigenvalue weighted by Crippen LogP contribution is 2.46. The number of hydrogen-bond donors (Lipinski definition) is 0. The fraction of sp³-hybridized carbons (Fsp3) is 0.933. The van der Waals surface area contributed by atoms with Crippen molar-refractivity contribution in [3.05, 3.63) is 0 Å². The van der Waals surface area contributed by atoms with E-state index in [1.807, 2.05) is 0 Å². The Hall–Kier alpha value is -0.370. The van der Waals surface area contributed by atoms with Crippen molar-refractivity contribution in [1.29, 1.82) is 0 Å². The summed E-state index contributed by atoms with van der Waals surface area (Å²) in [6, 6.07) is 0. The zero-order valence-electron chi connectivity index (χ0n) is 11.5. The van der Waals surface area contributed by atoms with E-state index in [9.17, 15) is 4.79 Å². The molecule has 3 unspecified atom stereocenters. The molecule has 2 nitrogen and oxygen atoms in total. The molecule has 2 aliphatic rings. The lowest BCUT2D eigenvalue weighted by Gasteiger charge is -2.48. The Morgan fingerprint density at radius 2 is 2.00 bits per heavy atom. The summed E-state index contributed by atoms with van der Waals surface area (Å²) < 4.78 is 6.24. The Kier molecular flexibility index (Phi) is 3.92. The number of ketones is 1. The molecule has 0 heterocycles. The number of carbonyl (C=O) groups is 1. The van der Waals surface area contributed by atoms with Crippen LogP contribution in [0, 0.1) is 11.3 Å². The average Bonchev–Trinajstić information content (AvgIpc) is 2.30. The summed E-state index contributed by atoms with van der Waals surface area (Å²) in [6.07, 6.45) is 8.17. The molecule has 2 rings (SSSR count). The van der Waals surface area contributed by atoms with Gasteiger partial charge in [0.25, 0.3) is 0 Å². The van der Waals surface area contributed by atoms with Crippen LogP contribution in [0.15, 0.2) is 0 Å². The molecule has 0 N–H and O–H groups in total. The molecule has 17 heavy (non-hydrogen) atoms. The van der Waals surface area contributed by atoms with E-state index in [4.69, 9.17) is 4.74 Å². The maximum absolute atomic E-state index is 11.9. The Bertz CT molecular complexity index is 281. The zero-order valence-corrected chi connectivity index (χ0v) is 11.5. The third-order valence-corrected chi connectivity index (χ3v) is 5.05. The first-order valence-corrected chi connectivity index (χ1v) is 7.31. The van der Waals surface area contributed by atoms with Gasteiger partial charge in [0.1, 0.15) is 5.78 Å². The molecule has 0 bridgehead atoms. The minimum absolute atomic E-state index is 0.138. The molecule has 0 aromatic carbocycles. The minimum atomic E-state index is -0.138. The van der Waals surface area contributed by atoms with Crippen molar-refractivity contribution >= 4 is 5.78 Å². The van der Waals surface area contributed by atoms with Gasteiger partial charge in [0.15, 0.2) is 0 Å². The Morgan fingerprint density at radius 3 is 2.53 bits per heavy atom. The number of rotatable bonds is 4. The normalized spacial score (nSPS) is 36.6. The summed E-state index contributed by atoms with van der Waals surface area (Å²) in [6.45, 7) is 6.56. The minimum Gasteiger partial charge on any atom is -0.373 e. The molecule has 0 aliphatic heterocycles. The molecule has 0 aromatic heterocycles. The van der Waals surface area contributed by atoms with Gasteiger partial charge in [-0.3, -0.25) is 4.79 Å². The van der Waals surface area contributed by atoms with Gasteiger partial charge in [0.05, 0.1) is 17.6 Å². The van der Waals surface area contributed by atoms with Crippen LogP contribution in [0.5, 0.6) is 0 Å². The second-order valence-electron chi connectivity index (χ2n) is 6.01. The summed E-state index contributed by atoms with van der Waals surface area (Å²) in [7, 11) is 0. The van der Waals surface area contributed by atoms with E-state index in [1.54, 1.807) is 0 Å². The van der Waals surface area contributed by atoms with Crippen LogP contribution in [0.4, 0.5) is 0 Å². The Balaban J connectivity index is 1.93. The van der Waals surface area contributed by atoms with Crippen LogP contribution in [-0.2, 0) is 9.53 Å². The van der Waals surface area contributed by atoms with Gasteiger partial charge in [-0.1, -0.05) is 33.6 Å². The molecule has 0 aromatic rings. The number of carbonyl (C=O) groups excluding carboxylic acids is 1. The third-order valence-electron chi connectivity index (χ3n) is 5.05. The van der Waals surface area contributed by atoms with Crippen molar-refractivity contribution in [2.75, 3.05) is 0 Å². The molecular formula is C15H26O2. The van der Waals surface area contributed by atoms with Gasteiger partial charge in [0, 0.05) is 6.42 Å². The summed E-state index contributed by atoms with van der Waals surface area (Å²) in [5.41, 5.74) is -0.138. The van der Waals surface area contributed by atoms with Crippen molar-refractivity contribution in [2.45, 2.75) is 77.9 Å². The third kappa shape index (κ3) is 2.29. The lowest BCUT2D eigenvalue weighted by Crippen LogP contribution is -2.55. The first-order valence-electron chi connectivity index (χ1n) is 7.31. The van der Waals surface area contributed by atoms with Crippen LogP contribution < -0.4 is 0 Å². The van der Waals surface area contributed by atoms with Crippen molar-refractivity contribution < 1.29 is 9.53 Å². The Labute approximate surface area is 105 Å². The molecule has 0 spiro atoms. The van der Waals surface area contributed by atoms with E-state index >= 15 is 0 Å².